The molecular formula is C18H21FN4O2. The lowest BCUT2D eigenvalue weighted by Gasteiger charge is -2.20. The maximum Gasteiger partial charge on any atom is 0.267 e. The molecule has 0 aliphatic carbocycles. The minimum Gasteiger partial charge on any atom is -0.379 e. The van der Waals surface area contributed by atoms with Crippen molar-refractivity contribution in [1.29, 1.82) is 0 Å². The van der Waals surface area contributed by atoms with Crippen molar-refractivity contribution in [3.8, 4) is 0 Å². The Morgan fingerprint density at radius 2 is 2.16 bits per heavy atom. The Hall–Kier alpha value is -2.70. The molecule has 1 aromatic heterocycles. The molecule has 3 rings (SSSR count). The van der Waals surface area contributed by atoms with Crippen LogP contribution in [0.4, 0.5) is 4.39 Å². The number of aromatic nitrogens is 2. The number of imidazole rings is 1. The van der Waals surface area contributed by atoms with Crippen molar-refractivity contribution in [3.05, 3.63) is 53.9 Å². The van der Waals surface area contributed by atoms with E-state index in [0.29, 0.717) is 18.7 Å². The Morgan fingerprint density at radius 1 is 1.40 bits per heavy atom. The number of rotatable bonds is 6. The molecule has 25 heavy (non-hydrogen) atoms. The van der Waals surface area contributed by atoms with Gasteiger partial charge in [-0.3, -0.25) is 4.79 Å². The average molecular weight is 344 g/mol. The first kappa shape index (κ1) is 17.1. The Bertz CT molecular complexity index is 785. The highest BCUT2D eigenvalue weighted by atomic mass is 19.1. The van der Waals surface area contributed by atoms with Gasteiger partial charge in [-0.25, -0.2) is 9.37 Å². The molecule has 0 saturated heterocycles. The molecule has 0 radical (unpaired) electrons. The Balaban J connectivity index is 1.49. The number of oxime groups is 1. The maximum absolute atomic E-state index is 13.0. The van der Waals surface area contributed by atoms with Crippen molar-refractivity contribution in [1.82, 2.24) is 14.9 Å². The Kier molecular flexibility index (Phi) is 4.83. The van der Waals surface area contributed by atoms with Gasteiger partial charge in [0.25, 0.3) is 5.91 Å². The minimum atomic E-state index is -1.03. The van der Waals surface area contributed by atoms with Gasteiger partial charge in [0, 0.05) is 31.9 Å². The minimum absolute atomic E-state index is 0.198. The summed E-state index contributed by atoms with van der Waals surface area (Å²) in [6.07, 6.45) is 4.83. The number of nitrogens with one attached hydrogen (secondary N) is 1. The van der Waals surface area contributed by atoms with Crippen LogP contribution in [0.3, 0.4) is 0 Å². The standard InChI is InChI=1S/C18H21FN4O2/c1-13-20-9-11-23(13)10-3-8-21-17(24)18(2)12-16(22-25-18)14-4-6-15(19)7-5-14/h4-7,9,11H,3,8,10,12H2,1-2H3,(H,21,24). The summed E-state index contributed by atoms with van der Waals surface area (Å²) < 4.78 is 15.1. The number of hydrogen-bond acceptors (Lipinski definition) is 4. The summed E-state index contributed by atoms with van der Waals surface area (Å²) in [4.78, 5) is 22.0. The van der Waals surface area contributed by atoms with Gasteiger partial charge in [-0.2, -0.15) is 0 Å². The van der Waals surface area contributed by atoms with E-state index in [0.717, 1.165) is 24.4 Å². The Morgan fingerprint density at radius 3 is 2.84 bits per heavy atom. The van der Waals surface area contributed by atoms with Crippen LogP contribution < -0.4 is 5.32 Å². The smallest absolute Gasteiger partial charge is 0.267 e. The van der Waals surface area contributed by atoms with Crippen LogP contribution in [0, 0.1) is 12.7 Å². The van der Waals surface area contributed by atoms with Crippen molar-refractivity contribution in [2.45, 2.75) is 38.8 Å². The van der Waals surface area contributed by atoms with Crippen LogP contribution in [0.15, 0.2) is 41.8 Å². The van der Waals surface area contributed by atoms with E-state index in [2.05, 4.69) is 15.5 Å². The van der Waals surface area contributed by atoms with E-state index in [1.165, 1.54) is 12.1 Å². The van der Waals surface area contributed by atoms with Crippen LogP contribution in [0.1, 0.15) is 31.2 Å². The molecule has 2 heterocycles. The molecule has 1 unspecified atom stereocenters. The predicted octanol–water partition coefficient (Wildman–Crippen LogP) is 2.42. The van der Waals surface area contributed by atoms with Gasteiger partial charge in [0.05, 0.1) is 5.71 Å². The van der Waals surface area contributed by atoms with Crippen LogP contribution in [0.25, 0.3) is 0 Å². The number of halogens is 1. The summed E-state index contributed by atoms with van der Waals surface area (Å²) in [5.41, 5.74) is 0.370. The highest BCUT2D eigenvalue weighted by Crippen LogP contribution is 2.26. The first-order chi connectivity index (χ1) is 12.0. The largest absolute Gasteiger partial charge is 0.379 e. The second-order valence-electron chi connectivity index (χ2n) is 6.32. The number of benzene rings is 1. The molecule has 7 heteroatoms. The van der Waals surface area contributed by atoms with Crippen molar-refractivity contribution in [2.24, 2.45) is 5.16 Å². The molecule has 1 aromatic carbocycles. The monoisotopic (exact) mass is 344 g/mol. The average Bonchev–Trinajstić information content (AvgIpc) is 3.19. The lowest BCUT2D eigenvalue weighted by atomic mass is 9.95. The second-order valence-corrected chi connectivity index (χ2v) is 6.32. The van der Waals surface area contributed by atoms with Gasteiger partial charge in [-0.15, -0.1) is 0 Å². The number of aryl methyl sites for hydroxylation is 2. The highest BCUT2D eigenvalue weighted by Gasteiger charge is 2.41. The lowest BCUT2D eigenvalue weighted by molar-refractivity contribution is -0.141. The van der Waals surface area contributed by atoms with Crippen LogP contribution in [0.2, 0.25) is 0 Å². The first-order valence-corrected chi connectivity index (χ1v) is 8.25. The number of carbonyl (C=O) groups excluding carboxylic acids is 1. The third-order valence-electron chi connectivity index (χ3n) is 4.30. The van der Waals surface area contributed by atoms with Gasteiger partial charge in [0.1, 0.15) is 11.6 Å². The van der Waals surface area contributed by atoms with Crippen LogP contribution in [-0.4, -0.2) is 33.3 Å². The summed E-state index contributed by atoms with van der Waals surface area (Å²) in [5.74, 6) is 0.447. The predicted molar refractivity (Wildman–Crippen MR) is 91.6 cm³/mol. The molecule has 1 aliphatic rings. The third-order valence-corrected chi connectivity index (χ3v) is 4.30. The van der Waals surface area contributed by atoms with Gasteiger partial charge >= 0.3 is 0 Å². The van der Waals surface area contributed by atoms with E-state index >= 15 is 0 Å². The zero-order chi connectivity index (χ0) is 17.9. The lowest BCUT2D eigenvalue weighted by Crippen LogP contribution is -2.45. The molecule has 132 valence electrons. The van der Waals surface area contributed by atoms with E-state index in [1.54, 1.807) is 25.3 Å². The van der Waals surface area contributed by atoms with E-state index < -0.39 is 5.60 Å². The molecule has 1 N–H and O–H groups in total. The molecule has 0 saturated carbocycles. The fourth-order valence-corrected chi connectivity index (χ4v) is 2.74. The molecule has 0 bridgehead atoms. The van der Waals surface area contributed by atoms with Crippen molar-refractivity contribution in [3.63, 3.8) is 0 Å². The number of nitrogens with zero attached hydrogens (tertiary/aromatic N) is 3. The summed E-state index contributed by atoms with van der Waals surface area (Å²) in [5, 5.41) is 6.91. The second kappa shape index (κ2) is 7.04. The van der Waals surface area contributed by atoms with Crippen molar-refractivity contribution < 1.29 is 14.0 Å². The fourth-order valence-electron chi connectivity index (χ4n) is 2.74. The van der Waals surface area contributed by atoms with E-state index in [4.69, 9.17) is 4.84 Å². The molecule has 2 aromatic rings. The Labute approximate surface area is 145 Å². The highest BCUT2D eigenvalue weighted by molar-refractivity contribution is 6.05. The maximum atomic E-state index is 13.0. The van der Waals surface area contributed by atoms with Gasteiger partial charge in [0.2, 0.25) is 5.60 Å². The molecule has 0 spiro atoms. The molecule has 1 aliphatic heterocycles. The summed E-state index contributed by atoms with van der Waals surface area (Å²) in [7, 11) is 0. The van der Waals surface area contributed by atoms with E-state index in [1.807, 2.05) is 17.7 Å². The van der Waals surface area contributed by atoms with Gasteiger partial charge in [-0.05, 0) is 38.0 Å². The zero-order valence-electron chi connectivity index (χ0n) is 14.3. The summed E-state index contributed by atoms with van der Waals surface area (Å²) >= 11 is 0. The SMILES string of the molecule is Cc1nccn1CCCNC(=O)C1(C)CC(c2ccc(F)cc2)=NO1. The summed E-state index contributed by atoms with van der Waals surface area (Å²) in [6, 6.07) is 6.00. The zero-order valence-corrected chi connectivity index (χ0v) is 14.3. The van der Waals surface area contributed by atoms with Crippen molar-refractivity contribution >= 4 is 11.6 Å². The van der Waals surface area contributed by atoms with E-state index in [-0.39, 0.29) is 11.7 Å². The van der Waals surface area contributed by atoms with Gasteiger partial charge in [0.15, 0.2) is 0 Å². The molecule has 1 amide bonds. The molecule has 1 atom stereocenters. The third kappa shape index (κ3) is 3.87. The van der Waals surface area contributed by atoms with Gasteiger partial charge in [-0.1, -0.05) is 17.3 Å². The first-order valence-electron chi connectivity index (χ1n) is 8.25. The fraction of sp³-hybridized carbons (Fsp3) is 0.389. The van der Waals surface area contributed by atoms with E-state index in [9.17, 15) is 9.18 Å². The molecule has 6 nitrogen and oxygen atoms in total. The quantitative estimate of drug-likeness (QED) is 0.818. The number of hydrogen-bond donors (Lipinski definition) is 1. The van der Waals surface area contributed by atoms with Crippen LogP contribution in [0.5, 0.6) is 0 Å². The number of amides is 1. The number of carbonyl (C=O) groups is 1. The normalized spacial score (nSPS) is 19.4. The van der Waals surface area contributed by atoms with Crippen LogP contribution in [-0.2, 0) is 16.2 Å². The summed E-state index contributed by atoms with van der Waals surface area (Å²) in [6.45, 7) is 4.99. The molecule has 0 fully saturated rings. The van der Waals surface area contributed by atoms with Crippen LogP contribution >= 0.6 is 0 Å². The topological polar surface area (TPSA) is 68.5 Å². The van der Waals surface area contributed by atoms with Crippen molar-refractivity contribution in [2.75, 3.05) is 6.54 Å². The van der Waals surface area contributed by atoms with Gasteiger partial charge < -0.3 is 14.7 Å². The molecular weight excluding hydrogens is 323 g/mol.